The third-order valence-electron chi connectivity index (χ3n) is 6.67. The van der Waals surface area contributed by atoms with Gasteiger partial charge in [0.2, 0.25) is 11.8 Å². The number of nitrogens with one attached hydrogen (secondary N) is 1. The van der Waals surface area contributed by atoms with Gasteiger partial charge in [-0.1, -0.05) is 121 Å². The Labute approximate surface area is 220 Å². The van der Waals surface area contributed by atoms with Crippen molar-refractivity contribution in [2.45, 2.75) is 38.3 Å². The molecule has 0 heterocycles. The summed E-state index contributed by atoms with van der Waals surface area (Å²) in [5, 5.41) is 3.09. The third-order valence-corrected chi connectivity index (χ3v) is 6.67. The summed E-state index contributed by atoms with van der Waals surface area (Å²) in [5.74, 6) is -0.675. The van der Waals surface area contributed by atoms with Gasteiger partial charge in [0, 0.05) is 13.1 Å². The van der Waals surface area contributed by atoms with E-state index < -0.39 is 12.0 Å². The number of likely N-dealkylation sites (N-methyl/N-ethyl adjacent to an activating group) is 1. The number of hydrogen-bond donors (Lipinski definition) is 1. The number of carbonyl (C=O) groups is 2. The molecule has 0 spiro atoms. The van der Waals surface area contributed by atoms with Crippen molar-refractivity contribution in [3.8, 4) is 0 Å². The Bertz CT molecular complexity index is 1210. The molecule has 4 aromatic carbocycles. The molecule has 188 valence electrons. The molecular weight excluding hydrogens is 456 g/mol. The van der Waals surface area contributed by atoms with Gasteiger partial charge in [-0.2, -0.15) is 0 Å². The first kappa shape index (κ1) is 25.9. The Hall–Kier alpha value is -4.18. The summed E-state index contributed by atoms with van der Waals surface area (Å²) in [4.78, 5) is 29.6. The number of amides is 2. The SMILES string of the molecule is CCN(C(=O)C(c1ccccc1)c1ccccc1)C(CCc1ccccc1)C(=O)NCc1ccccc1. The Balaban J connectivity index is 1.63. The van der Waals surface area contributed by atoms with Gasteiger partial charge in [0.05, 0.1) is 5.92 Å². The van der Waals surface area contributed by atoms with Crippen LogP contribution in [0.2, 0.25) is 0 Å². The van der Waals surface area contributed by atoms with Gasteiger partial charge in [-0.3, -0.25) is 9.59 Å². The van der Waals surface area contributed by atoms with Gasteiger partial charge in [-0.25, -0.2) is 0 Å². The van der Waals surface area contributed by atoms with Crippen LogP contribution in [0, 0.1) is 0 Å². The molecule has 1 N–H and O–H groups in total. The molecule has 2 amide bonds. The molecule has 4 aromatic rings. The van der Waals surface area contributed by atoms with Crippen LogP contribution in [-0.2, 0) is 22.6 Å². The third kappa shape index (κ3) is 6.95. The van der Waals surface area contributed by atoms with Crippen molar-refractivity contribution >= 4 is 11.8 Å². The quantitative estimate of drug-likeness (QED) is 0.281. The fourth-order valence-corrected chi connectivity index (χ4v) is 4.74. The van der Waals surface area contributed by atoms with Gasteiger partial charge in [0.15, 0.2) is 0 Å². The molecule has 0 bridgehead atoms. The number of hydrogen-bond acceptors (Lipinski definition) is 2. The molecule has 0 saturated carbocycles. The second kappa shape index (κ2) is 13.2. The minimum Gasteiger partial charge on any atom is -0.350 e. The minimum absolute atomic E-state index is 0.0622. The molecule has 4 nitrogen and oxygen atoms in total. The molecule has 4 heteroatoms. The van der Waals surface area contributed by atoms with Crippen molar-refractivity contribution in [3.63, 3.8) is 0 Å². The van der Waals surface area contributed by atoms with Crippen LogP contribution < -0.4 is 5.32 Å². The average Bonchev–Trinajstić information content (AvgIpc) is 2.96. The number of carbonyl (C=O) groups excluding carboxylic acids is 2. The van der Waals surface area contributed by atoms with Crippen LogP contribution >= 0.6 is 0 Å². The molecule has 1 atom stereocenters. The van der Waals surface area contributed by atoms with E-state index in [1.165, 1.54) is 0 Å². The molecule has 0 aromatic heterocycles. The lowest BCUT2D eigenvalue weighted by Gasteiger charge is -2.33. The molecule has 0 aliphatic heterocycles. The van der Waals surface area contributed by atoms with E-state index in [4.69, 9.17) is 0 Å². The largest absolute Gasteiger partial charge is 0.350 e. The van der Waals surface area contributed by atoms with E-state index in [2.05, 4.69) is 17.4 Å². The predicted molar refractivity (Wildman–Crippen MR) is 149 cm³/mol. The van der Waals surface area contributed by atoms with Crippen molar-refractivity contribution in [2.24, 2.45) is 0 Å². The highest BCUT2D eigenvalue weighted by Gasteiger charge is 2.34. The molecule has 0 aliphatic carbocycles. The monoisotopic (exact) mass is 490 g/mol. The summed E-state index contributed by atoms with van der Waals surface area (Å²) in [7, 11) is 0. The highest BCUT2D eigenvalue weighted by atomic mass is 16.2. The summed E-state index contributed by atoms with van der Waals surface area (Å²) in [6.45, 7) is 2.81. The standard InChI is InChI=1S/C33H34N2O2/c1-2-35(33(37)31(28-19-11-5-12-20-28)29-21-13-6-14-22-29)30(24-23-26-15-7-3-8-16-26)32(36)34-25-27-17-9-4-10-18-27/h3-22,30-31H,2,23-25H2,1H3,(H,34,36). The molecule has 4 rings (SSSR count). The highest BCUT2D eigenvalue weighted by molar-refractivity contribution is 5.92. The Kier molecular flexibility index (Phi) is 9.25. The molecule has 0 saturated heterocycles. The van der Waals surface area contributed by atoms with Gasteiger partial charge >= 0.3 is 0 Å². The van der Waals surface area contributed by atoms with Crippen molar-refractivity contribution in [1.29, 1.82) is 0 Å². The Morgan fingerprint density at radius 1 is 0.676 bits per heavy atom. The van der Waals surface area contributed by atoms with E-state index in [0.29, 0.717) is 25.9 Å². The zero-order valence-electron chi connectivity index (χ0n) is 21.3. The van der Waals surface area contributed by atoms with Crippen LogP contribution in [0.1, 0.15) is 41.5 Å². The number of rotatable bonds is 11. The zero-order chi connectivity index (χ0) is 25.9. The average molecular weight is 491 g/mol. The van der Waals surface area contributed by atoms with E-state index >= 15 is 0 Å². The molecule has 0 aliphatic rings. The van der Waals surface area contributed by atoms with Gasteiger partial charge in [0.25, 0.3) is 0 Å². The van der Waals surface area contributed by atoms with Crippen molar-refractivity contribution in [2.75, 3.05) is 6.54 Å². The van der Waals surface area contributed by atoms with Crippen molar-refractivity contribution in [3.05, 3.63) is 144 Å². The number of aryl methyl sites for hydroxylation is 1. The molecule has 0 radical (unpaired) electrons. The molecule has 0 fully saturated rings. The first-order chi connectivity index (χ1) is 18.2. The lowest BCUT2D eigenvalue weighted by Crippen LogP contribution is -2.51. The lowest BCUT2D eigenvalue weighted by atomic mass is 9.89. The second-order valence-corrected chi connectivity index (χ2v) is 9.12. The van der Waals surface area contributed by atoms with Crippen LogP contribution in [0.4, 0.5) is 0 Å². The van der Waals surface area contributed by atoms with E-state index in [-0.39, 0.29) is 11.8 Å². The van der Waals surface area contributed by atoms with Crippen molar-refractivity contribution < 1.29 is 9.59 Å². The minimum atomic E-state index is -0.587. The van der Waals surface area contributed by atoms with E-state index in [9.17, 15) is 9.59 Å². The maximum atomic E-state index is 14.3. The highest BCUT2D eigenvalue weighted by Crippen LogP contribution is 2.28. The molecule has 37 heavy (non-hydrogen) atoms. The number of nitrogens with zero attached hydrogens (tertiary/aromatic N) is 1. The van der Waals surface area contributed by atoms with Crippen LogP contribution in [0.3, 0.4) is 0 Å². The molecular formula is C33H34N2O2. The topological polar surface area (TPSA) is 49.4 Å². The summed E-state index contributed by atoms with van der Waals surface area (Å²) >= 11 is 0. The van der Waals surface area contributed by atoms with Crippen LogP contribution in [-0.4, -0.2) is 29.3 Å². The van der Waals surface area contributed by atoms with E-state index in [1.54, 1.807) is 4.90 Å². The first-order valence-electron chi connectivity index (χ1n) is 12.9. The van der Waals surface area contributed by atoms with Crippen LogP contribution in [0.15, 0.2) is 121 Å². The summed E-state index contributed by atoms with van der Waals surface area (Å²) < 4.78 is 0. The van der Waals surface area contributed by atoms with Gasteiger partial charge < -0.3 is 10.2 Å². The number of benzene rings is 4. The Morgan fingerprint density at radius 2 is 1.14 bits per heavy atom. The molecule has 1 unspecified atom stereocenters. The van der Waals surface area contributed by atoms with Crippen LogP contribution in [0.25, 0.3) is 0 Å². The van der Waals surface area contributed by atoms with E-state index in [1.807, 2.05) is 116 Å². The zero-order valence-corrected chi connectivity index (χ0v) is 21.3. The fourth-order valence-electron chi connectivity index (χ4n) is 4.74. The maximum absolute atomic E-state index is 14.3. The smallest absolute Gasteiger partial charge is 0.243 e. The maximum Gasteiger partial charge on any atom is 0.243 e. The van der Waals surface area contributed by atoms with Gasteiger partial charge in [-0.05, 0) is 42.0 Å². The van der Waals surface area contributed by atoms with Gasteiger partial charge in [-0.15, -0.1) is 0 Å². The fraction of sp³-hybridized carbons (Fsp3) is 0.212. The lowest BCUT2D eigenvalue weighted by molar-refractivity contribution is -0.141. The van der Waals surface area contributed by atoms with Crippen molar-refractivity contribution in [1.82, 2.24) is 10.2 Å². The second-order valence-electron chi connectivity index (χ2n) is 9.12. The predicted octanol–water partition coefficient (Wildman–Crippen LogP) is 5.98. The summed E-state index contributed by atoms with van der Waals surface area (Å²) in [5.41, 5.74) is 4.01. The Morgan fingerprint density at radius 3 is 1.62 bits per heavy atom. The van der Waals surface area contributed by atoms with E-state index in [0.717, 1.165) is 22.3 Å². The summed E-state index contributed by atoms with van der Waals surface area (Å²) in [6.07, 6.45) is 1.25. The normalized spacial score (nSPS) is 11.6. The van der Waals surface area contributed by atoms with Crippen LogP contribution in [0.5, 0.6) is 0 Å². The summed E-state index contributed by atoms with van der Waals surface area (Å²) in [6, 6.07) is 39.0. The first-order valence-corrected chi connectivity index (χ1v) is 12.9. The van der Waals surface area contributed by atoms with Gasteiger partial charge in [0.1, 0.15) is 6.04 Å².